The van der Waals surface area contributed by atoms with E-state index in [1.165, 1.54) is 0 Å². The van der Waals surface area contributed by atoms with E-state index in [9.17, 15) is 4.79 Å². The molecule has 5 heteroatoms. The quantitative estimate of drug-likeness (QED) is 0.294. The molecule has 1 fully saturated rings. The Kier molecular flexibility index (Phi) is 3.94. The molecule has 2 unspecified atom stereocenters. The van der Waals surface area contributed by atoms with Gasteiger partial charge in [-0.3, -0.25) is 4.79 Å². The van der Waals surface area contributed by atoms with Gasteiger partial charge in [-0.05, 0) is 57.2 Å². The highest BCUT2D eigenvalue weighted by Gasteiger charge is 2.46. The number of benzene rings is 1. The Morgan fingerprint density at radius 3 is 2.62 bits per heavy atom. The predicted molar refractivity (Wildman–Crippen MR) is 80.4 cm³/mol. The van der Waals surface area contributed by atoms with Crippen molar-refractivity contribution in [3.05, 3.63) is 34.9 Å². The van der Waals surface area contributed by atoms with Crippen LogP contribution in [0.15, 0.2) is 23.4 Å². The first-order valence-electron chi connectivity index (χ1n) is 7.04. The molecule has 0 heterocycles. The standard InChI is InChI=1S/C16H22N2O3/c1-9-7-10(14(17)18-20)5-6-11(9)12-8-13(12)15(19)21-16(2,3)4/h5-7,12-13,20H,8H2,1-4H3,(H2,17,18). The van der Waals surface area contributed by atoms with Gasteiger partial charge in [0.1, 0.15) is 5.60 Å². The molecular formula is C16H22N2O3. The molecule has 1 saturated carbocycles. The van der Waals surface area contributed by atoms with E-state index in [2.05, 4.69) is 5.16 Å². The van der Waals surface area contributed by atoms with Crippen LogP contribution in [0.4, 0.5) is 0 Å². The topological polar surface area (TPSA) is 84.9 Å². The summed E-state index contributed by atoms with van der Waals surface area (Å²) >= 11 is 0. The fourth-order valence-electron chi connectivity index (χ4n) is 2.49. The van der Waals surface area contributed by atoms with Gasteiger partial charge < -0.3 is 15.7 Å². The first-order chi connectivity index (χ1) is 9.73. The molecule has 0 radical (unpaired) electrons. The first-order valence-corrected chi connectivity index (χ1v) is 7.04. The molecule has 114 valence electrons. The lowest BCUT2D eigenvalue weighted by atomic mass is 10.00. The van der Waals surface area contributed by atoms with Gasteiger partial charge in [-0.2, -0.15) is 0 Å². The van der Waals surface area contributed by atoms with Gasteiger partial charge in [-0.25, -0.2) is 0 Å². The van der Waals surface area contributed by atoms with Gasteiger partial charge in [0.25, 0.3) is 0 Å². The van der Waals surface area contributed by atoms with Crippen LogP contribution < -0.4 is 5.73 Å². The van der Waals surface area contributed by atoms with Crippen LogP contribution in [0.1, 0.15) is 49.8 Å². The van der Waals surface area contributed by atoms with E-state index in [1.54, 1.807) is 0 Å². The van der Waals surface area contributed by atoms with Gasteiger partial charge in [0, 0.05) is 5.56 Å². The summed E-state index contributed by atoms with van der Waals surface area (Å²) in [5.41, 5.74) is 7.96. The van der Waals surface area contributed by atoms with Crippen LogP contribution in [0.25, 0.3) is 0 Å². The number of hydrogen-bond acceptors (Lipinski definition) is 4. The number of carbonyl (C=O) groups excluding carboxylic acids is 1. The van der Waals surface area contributed by atoms with Gasteiger partial charge in [0.05, 0.1) is 5.92 Å². The third kappa shape index (κ3) is 3.54. The van der Waals surface area contributed by atoms with Crippen LogP contribution in [-0.4, -0.2) is 22.6 Å². The molecule has 0 amide bonds. The minimum absolute atomic E-state index is 0.0577. The fourth-order valence-corrected chi connectivity index (χ4v) is 2.49. The van der Waals surface area contributed by atoms with E-state index >= 15 is 0 Å². The molecule has 3 N–H and O–H groups in total. The van der Waals surface area contributed by atoms with Crippen LogP contribution in [0.2, 0.25) is 0 Å². The summed E-state index contributed by atoms with van der Waals surface area (Å²) in [5, 5.41) is 11.7. The van der Waals surface area contributed by atoms with Gasteiger partial charge in [0.2, 0.25) is 0 Å². The summed E-state index contributed by atoms with van der Waals surface area (Å²) in [7, 11) is 0. The fraction of sp³-hybridized carbons (Fsp3) is 0.500. The Labute approximate surface area is 124 Å². The number of carbonyl (C=O) groups is 1. The number of hydrogen-bond donors (Lipinski definition) is 2. The first kappa shape index (κ1) is 15.4. The van der Waals surface area contributed by atoms with Gasteiger partial charge in [0.15, 0.2) is 5.84 Å². The van der Waals surface area contributed by atoms with Crippen molar-refractivity contribution >= 4 is 11.8 Å². The average molecular weight is 290 g/mol. The molecule has 1 aromatic carbocycles. The van der Waals surface area contributed by atoms with Gasteiger partial charge >= 0.3 is 5.97 Å². The molecule has 21 heavy (non-hydrogen) atoms. The third-order valence-corrected chi connectivity index (χ3v) is 3.57. The molecule has 0 spiro atoms. The van der Waals surface area contributed by atoms with E-state index in [0.717, 1.165) is 17.5 Å². The summed E-state index contributed by atoms with van der Waals surface area (Å²) in [4.78, 5) is 12.0. The lowest BCUT2D eigenvalue weighted by molar-refractivity contribution is -0.156. The monoisotopic (exact) mass is 290 g/mol. The number of nitrogens with two attached hydrogens (primary N) is 1. The normalized spacial score (nSPS) is 22.0. The second-order valence-electron chi connectivity index (χ2n) is 6.54. The maximum absolute atomic E-state index is 12.0. The Morgan fingerprint density at radius 2 is 2.10 bits per heavy atom. The lowest BCUT2D eigenvalue weighted by Crippen LogP contribution is -2.25. The molecule has 1 aliphatic carbocycles. The van der Waals surface area contributed by atoms with Crippen LogP contribution in [0, 0.1) is 12.8 Å². The highest BCUT2D eigenvalue weighted by Crippen LogP contribution is 2.49. The van der Waals surface area contributed by atoms with Gasteiger partial charge in [-0.1, -0.05) is 17.3 Å². The Morgan fingerprint density at radius 1 is 1.43 bits per heavy atom. The summed E-state index contributed by atoms with van der Waals surface area (Å²) in [6.45, 7) is 7.59. The molecule has 0 bridgehead atoms. The Hall–Kier alpha value is -2.04. The van der Waals surface area contributed by atoms with Crippen LogP contribution in [0.5, 0.6) is 0 Å². The van der Waals surface area contributed by atoms with E-state index in [4.69, 9.17) is 15.7 Å². The Balaban J connectivity index is 2.10. The summed E-state index contributed by atoms with van der Waals surface area (Å²) in [6, 6.07) is 5.62. The van der Waals surface area contributed by atoms with Gasteiger partial charge in [-0.15, -0.1) is 0 Å². The van der Waals surface area contributed by atoms with E-state index in [-0.39, 0.29) is 23.6 Å². The van der Waals surface area contributed by atoms with Crippen molar-refractivity contribution in [2.75, 3.05) is 0 Å². The van der Waals surface area contributed by atoms with Crippen molar-refractivity contribution in [1.29, 1.82) is 0 Å². The number of nitrogens with zero attached hydrogens (tertiary/aromatic N) is 1. The van der Waals surface area contributed by atoms with Crippen LogP contribution in [0.3, 0.4) is 0 Å². The van der Waals surface area contributed by atoms with Crippen molar-refractivity contribution < 1.29 is 14.7 Å². The number of oxime groups is 1. The maximum atomic E-state index is 12.0. The number of amidine groups is 1. The zero-order chi connectivity index (χ0) is 15.8. The smallest absolute Gasteiger partial charge is 0.310 e. The second-order valence-corrected chi connectivity index (χ2v) is 6.54. The minimum Gasteiger partial charge on any atom is -0.460 e. The molecule has 5 nitrogen and oxygen atoms in total. The zero-order valence-electron chi connectivity index (χ0n) is 12.9. The molecule has 0 aliphatic heterocycles. The van der Waals surface area contributed by atoms with Crippen molar-refractivity contribution in [2.24, 2.45) is 16.8 Å². The van der Waals surface area contributed by atoms with E-state index in [0.29, 0.717) is 5.56 Å². The molecule has 1 aliphatic rings. The van der Waals surface area contributed by atoms with E-state index in [1.807, 2.05) is 45.9 Å². The highest BCUT2D eigenvalue weighted by atomic mass is 16.6. The summed E-state index contributed by atoms with van der Waals surface area (Å²) in [5.74, 6) is 0.107. The summed E-state index contributed by atoms with van der Waals surface area (Å²) in [6.07, 6.45) is 0.818. The van der Waals surface area contributed by atoms with Crippen LogP contribution in [-0.2, 0) is 9.53 Å². The van der Waals surface area contributed by atoms with Crippen molar-refractivity contribution in [1.82, 2.24) is 0 Å². The SMILES string of the molecule is Cc1cc(/C(N)=N/O)ccc1C1CC1C(=O)OC(C)(C)C. The molecular weight excluding hydrogens is 268 g/mol. The minimum atomic E-state index is -0.449. The predicted octanol–water partition coefficient (Wildman–Crippen LogP) is 2.53. The maximum Gasteiger partial charge on any atom is 0.310 e. The number of ether oxygens (including phenoxy) is 1. The van der Waals surface area contributed by atoms with Crippen LogP contribution >= 0.6 is 0 Å². The largest absolute Gasteiger partial charge is 0.460 e. The number of rotatable bonds is 3. The molecule has 0 aromatic heterocycles. The van der Waals surface area contributed by atoms with E-state index < -0.39 is 5.60 Å². The third-order valence-electron chi connectivity index (χ3n) is 3.57. The van der Waals surface area contributed by atoms with Crippen molar-refractivity contribution in [3.63, 3.8) is 0 Å². The second kappa shape index (κ2) is 5.39. The van der Waals surface area contributed by atoms with Crippen molar-refractivity contribution in [3.8, 4) is 0 Å². The molecule has 1 aromatic rings. The average Bonchev–Trinajstić information content (AvgIpc) is 3.15. The van der Waals surface area contributed by atoms with Crippen molar-refractivity contribution in [2.45, 2.75) is 45.6 Å². The lowest BCUT2D eigenvalue weighted by Gasteiger charge is -2.19. The molecule has 2 atom stereocenters. The zero-order valence-corrected chi connectivity index (χ0v) is 12.9. The Bertz CT molecular complexity index is 588. The number of esters is 1. The highest BCUT2D eigenvalue weighted by molar-refractivity contribution is 5.97. The molecule has 0 saturated heterocycles. The molecule has 2 rings (SSSR count). The summed E-state index contributed by atoms with van der Waals surface area (Å²) < 4.78 is 5.42. The number of aryl methyl sites for hydroxylation is 1.